The van der Waals surface area contributed by atoms with E-state index in [9.17, 15) is 9.90 Å². The lowest BCUT2D eigenvalue weighted by atomic mass is 10.2. The van der Waals surface area contributed by atoms with Crippen molar-refractivity contribution in [2.24, 2.45) is 4.99 Å². The van der Waals surface area contributed by atoms with Crippen LogP contribution >= 0.6 is 0 Å². The first kappa shape index (κ1) is 21.4. The smallest absolute Gasteiger partial charge is 0.407 e. The molecule has 0 saturated heterocycles. The van der Waals surface area contributed by atoms with E-state index in [4.69, 9.17) is 9.47 Å². The molecular weight excluding hydrogens is 336 g/mol. The summed E-state index contributed by atoms with van der Waals surface area (Å²) in [6.07, 6.45) is -0.456. The molecule has 0 saturated carbocycles. The first-order valence-corrected chi connectivity index (χ1v) is 8.60. The second-order valence-corrected chi connectivity index (χ2v) is 6.52. The summed E-state index contributed by atoms with van der Waals surface area (Å²) in [5.74, 6) is 1.08. The van der Waals surface area contributed by atoms with E-state index in [1.165, 1.54) is 7.11 Å². The summed E-state index contributed by atoms with van der Waals surface area (Å²) in [6.45, 7) is 9.25. The Morgan fingerprint density at radius 2 is 1.88 bits per heavy atom. The number of guanidine groups is 1. The fourth-order valence-electron chi connectivity index (χ4n) is 2.03. The van der Waals surface area contributed by atoms with E-state index in [2.05, 4.69) is 20.9 Å². The maximum Gasteiger partial charge on any atom is 0.407 e. The summed E-state index contributed by atoms with van der Waals surface area (Å²) in [6, 6.07) is 5.28. The number of para-hydroxylation sites is 1. The molecule has 0 aliphatic heterocycles. The Morgan fingerprint density at radius 1 is 1.19 bits per heavy atom. The predicted molar refractivity (Wildman–Crippen MR) is 102 cm³/mol. The zero-order chi connectivity index (χ0) is 19.6. The van der Waals surface area contributed by atoms with Crippen LogP contribution in [-0.4, -0.2) is 49.5 Å². The van der Waals surface area contributed by atoms with Gasteiger partial charge in [-0.25, -0.2) is 9.79 Å². The van der Waals surface area contributed by atoms with Crippen LogP contribution in [0.4, 0.5) is 4.79 Å². The maximum atomic E-state index is 11.6. The number of phenolic OH excluding ortho intramolecular Hbond substituents is 1. The third-order valence-electron chi connectivity index (χ3n) is 3.14. The second-order valence-electron chi connectivity index (χ2n) is 6.52. The maximum absolute atomic E-state index is 11.6. The van der Waals surface area contributed by atoms with Crippen molar-refractivity contribution < 1.29 is 19.4 Å². The van der Waals surface area contributed by atoms with Crippen LogP contribution in [0.3, 0.4) is 0 Å². The number of carbonyl (C=O) groups is 1. The van der Waals surface area contributed by atoms with E-state index in [1.54, 1.807) is 18.2 Å². The minimum atomic E-state index is -0.521. The molecule has 1 aromatic carbocycles. The van der Waals surface area contributed by atoms with Crippen LogP contribution in [0.25, 0.3) is 0 Å². The first-order valence-electron chi connectivity index (χ1n) is 8.60. The molecule has 146 valence electrons. The SMILES string of the molecule is CCNC(=NCc1cccc(OC)c1O)NCCNC(=O)OC(C)(C)C. The summed E-state index contributed by atoms with van der Waals surface area (Å²) in [5, 5.41) is 19.0. The zero-order valence-electron chi connectivity index (χ0n) is 16.2. The zero-order valence-corrected chi connectivity index (χ0v) is 16.2. The quantitative estimate of drug-likeness (QED) is 0.334. The number of aliphatic imine (C=N–C) groups is 1. The van der Waals surface area contributed by atoms with E-state index < -0.39 is 11.7 Å². The van der Waals surface area contributed by atoms with Crippen molar-refractivity contribution in [2.75, 3.05) is 26.7 Å². The normalized spacial score (nSPS) is 11.7. The average Bonchev–Trinajstić information content (AvgIpc) is 2.55. The number of alkyl carbamates (subject to hydrolysis) is 1. The van der Waals surface area contributed by atoms with Gasteiger partial charge in [0.1, 0.15) is 5.60 Å². The highest BCUT2D eigenvalue weighted by atomic mass is 16.6. The molecule has 1 rings (SSSR count). The lowest BCUT2D eigenvalue weighted by Gasteiger charge is -2.20. The van der Waals surface area contributed by atoms with E-state index >= 15 is 0 Å². The molecule has 1 aromatic rings. The van der Waals surface area contributed by atoms with E-state index in [0.29, 0.717) is 36.9 Å². The number of nitrogens with zero attached hydrogens (tertiary/aromatic N) is 1. The Hall–Kier alpha value is -2.64. The Labute approximate surface area is 155 Å². The molecule has 0 heterocycles. The number of carbonyl (C=O) groups excluding carboxylic acids is 1. The van der Waals surface area contributed by atoms with Gasteiger partial charge in [0.25, 0.3) is 0 Å². The molecule has 26 heavy (non-hydrogen) atoms. The van der Waals surface area contributed by atoms with Gasteiger partial charge in [-0.3, -0.25) is 0 Å². The van der Waals surface area contributed by atoms with Crippen LogP contribution in [0, 0.1) is 0 Å². The molecule has 0 fully saturated rings. The molecule has 0 atom stereocenters. The lowest BCUT2D eigenvalue weighted by Crippen LogP contribution is -2.42. The van der Waals surface area contributed by atoms with Gasteiger partial charge in [-0.2, -0.15) is 0 Å². The Morgan fingerprint density at radius 3 is 2.50 bits per heavy atom. The molecule has 0 radical (unpaired) electrons. The minimum Gasteiger partial charge on any atom is -0.504 e. The van der Waals surface area contributed by atoms with Gasteiger partial charge in [0.2, 0.25) is 0 Å². The Kier molecular flexibility index (Phi) is 8.54. The van der Waals surface area contributed by atoms with Crippen molar-refractivity contribution >= 4 is 12.1 Å². The monoisotopic (exact) mass is 366 g/mol. The van der Waals surface area contributed by atoms with Crippen LogP contribution in [0.1, 0.15) is 33.3 Å². The Bertz CT molecular complexity index is 612. The van der Waals surface area contributed by atoms with Crippen molar-refractivity contribution in [3.05, 3.63) is 23.8 Å². The number of phenols is 1. The van der Waals surface area contributed by atoms with Gasteiger partial charge in [0.05, 0.1) is 13.7 Å². The van der Waals surface area contributed by atoms with Crippen molar-refractivity contribution in [1.82, 2.24) is 16.0 Å². The molecule has 4 N–H and O–H groups in total. The number of methoxy groups -OCH3 is 1. The fourth-order valence-corrected chi connectivity index (χ4v) is 2.03. The molecule has 0 unspecified atom stereocenters. The third kappa shape index (κ3) is 7.96. The summed E-state index contributed by atoms with van der Waals surface area (Å²) in [5.41, 5.74) is 0.139. The number of benzene rings is 1. The molecule has 8 heteroatoms. The highest BCUT2D eigenvalue weighted by Crippen LogP contribution is 2.29. The molecule has 0 spiro atoms. The van der Waals surface area contributed by atoms with Crippen molar-refractivity contribution in [2.45, 2.75) is 39.8 Å². The fraction of sp³-hybridized carbons (Fsp3) is 0.556. The second kappa shape index (κ2) is 10.4. The van der Waals surface area contributed by atoms with Gasteiger partial charge >= 0.3 is 6.09 Å². The summed E-state index contributed by atoms with van der Waals surface area (Å²) in [7, 11) is 1.51. The first-order chi connectivity index (χ1) is 12.3. The molecule has 8 nitrogen and oxygen atoms in total. The molecule has 0 bridgehead atoms. The number of hydrogen-bond donors (Lipinski definition) is 4. The van der Waals surface area contributed by atoms with E-state index in [1.807, 2.05) is 27.7 Å². The van der Waals surface area contributed by atoms with Crippen LogP contribution in [0.2, 0.25) is 0 Å². The van der Waals surface area contributed by atoms with Crippen LogP contribution in [-0.2, 0) is 11.3 Å². The number of aromatic hydroxyl groups is 1. The standard InChI is InChI=1S/C18H30N4O4/c1-6-19-16(20-10-11-21-17(24)26-18(2,3)4)22-12-13-8-7-9-14(25-5)15(13)23/h7-9,23H,6,10-12H2,1-5H3,(H,21,24)(H2,19,20,22). The summed E-state index contributed by atoms with van der Waals surface area (Å²) in [4.78, 5) is 16.0. The molecule has 1 amide bonds. The minimum absolute atomic E-state index is 0.0844. The van der Waals surface area contributed by atoms with Gasteiger partial charge in [-0.15, -0.1) is 0 Å². The van der Waals surface area contributed by atoms with Crippen molar-refractivity contribution in [3.63, 3.8) is 0 Å². The number of ether oxygens (including phenoxy) is 2. The van der Waals surface area contributed by atoms with Crippen molar-refractivity contribution in [1.29, 1.82) is 0 Å². The predicted octanol–water partition coefficient (Wildman–Crippen LogP) is 1.98. The van der Waals surface area contributed by atoms with Gasteiger partial charge in [-0.05, 0) is 33.8 Å². The van der Waals surface area contributed by atoms with Crippen LogP contribution in [0.15, 0.2) is 23.2 Å². The molecule has 0 aromatic heterocycles. The highest BCUT2D eigenvalue weighted by molar-refractivity contribution is 5.79. The highest BCUT2D eigenvalue weighted by Gasteiger charge is 2.15. The largest absolute Gasteiger partial charge is 0.504 e. The van der Waals surface area contributed by atoms with Gasteiger partial charge < -0.3 is 30.5 Å². The van der Waals surface area contributed by atoms with Crippen molar-refractivity contribution in [3.8, 4) is 11.5 Å². The molecular formula is C18H30N4O4. The third-order valence-corrected chi connectivity index (χ3v) is 3.14. The molecule has 0 aliphatic carbocycles. The topological polar surface area (TPSA) is 104 Å². The molecule has 0 aliphatic rings. The van der Waals surface area contributed by atoms with E-state index in [-0.39, 0.29) is 12.3 Å². The number of hydrogen-bond acceptors (Lipinski definition) is 5. The number of nitrogens with one attached hydrogen (secondary N) is 3. The Balaban J connectivity index is 2.53. The van der Waals surface area contributed by atoms with Crippen LogP contribution < -0.4 is 20.7 Å². The lowest BCUT2D eigenvalue weighted by molar-refractivity contribution is 0.0529. The average molecular weight is 366 g/mol. The van der Waals surface area contributed by atoms with E-state index in [0.717, 1.165) is 0 Å². The van der Waals surface area contributed by atoms with Gasteiger partial charge in [0.15, 0.2) is 17.5 Å². The van der Waals surface area contributed by atoms with Gasteiger partial charge in [0, 0.05) is 25.2 Å². The number of rotatable bonds is 7. The summed E-state index contributed by atoms with van der Waals surface area (Å²) >= 11 is 0. The van der Waals surface area contributed by atoms with Gasteiger partial charge in [-0.1, -0.05) is 12.1 Å². The van der Waals surface area contributed by atoms with Crippen LogP contribution in [0.5, 0.6) is 11.5 Å². The number of amides is 1. The summed E-state index contributed by atoms with van der Waals surface area (Å²) < 4.78 is 10.3.